The molecule has 0 aliphatic heterocycles. The summed E-state index contributed by atoms with van der Waals surface area (Å²) in [4.78, 5) is 25.1. The molecule has 0 bridgehead atoms. The van der Waals surface area contributed by atoms with Crippen molar-refractivity contribution in [3.05, 3.63) is 29.8 Å². The summed E-state index contributed by atoms with van der Waals surface area (Å²) in [6, 6.07) is 9.00. The number of hydrogen-bond acceptors (Lipinski definition) is 3. The number of hydrogen-bond donors (Lipinski definition) is 2. The van der Waals surface area contributed by atoms with Crippen molar-refractivity contribution in [3.8, 4) is 6.07 Å². The second-order valence-corrected chi connectivity index (χ2v) is 6.54. The van der Waals surface area contributed by atoms with Crippen molar-refractivity contribution in [3.63, 3.8) is 0 Å². The molecule has 0 saturated heterocycles. The van der Waals surface area contributed by atoms with Crippen molar-refractivity contribution in [2.24, 2.45) is 5.41 Å². The van der Waals surface area contributed by atoms with E-state index in [0.717, 1.165) is 25.7 Å². The van der Waals surface area contributed by atoms with Gasteiger partial charge in [0.05, 0.1) is 11.6 Å². The molecule has 5 heteroatoms. The molecule has 0 radical (unpaired) electrons. The molecule has 3 rings (SSSR count). The highest BCUT2D eigenvalue weighted by Crippen LogP contribution is 2.47. The van der Waals surface area contributed by atoms with Gasteiger partial charge in [0.2, 0.25) is 11.8 Å². The topological polar surface area (TPSA) is 82.0 Å². The predicted molar refractivity (Wildman–Crippen MR) is 86.5 cm³/mol. The molecule has 1 aromatic rings. The van der Waals surface area contributed by atoms with Gasteiger partial charge in [-0.2, -0.15) is 5.26 Å². The smallest absolute Gasteiger partial charge is 0.240 e. The highest BCUT2D eigenvalue weighted by atomic mass is 16.2. The van der Waals surface area contributed by atoms with E-state index in [4.69, 9.17) is 5.26 Å². The van der Waals surface area contributed by atoms with E-state index in [-0.39, 0.29) is 17.9 Å². The number of anilines is 1. The summed E-state index contributed by atoms with van der Waals surface area (Å²) in [6.45, 7) is 0. The SMILES string of the molecule is N#Cc1cccc(NC(=O)C2(C(=O)NC3CCCCC3)CC2)c1. The summed E-state index contributed by atoms with van der Waals surface area (Å²) < 4.78 is 0. The van der Waals surface area contributed by atoms with Crippen molar-refractivity contribution in [1.29, 1.82) is 5.26 Å². The van der Waals surface area contributed by atoms with Gasteiger partial charge in [-0.3, -0.25) is 9.59 Å². The molecule has 2 aliphatic rings. The van der Waals surface area contributed by atoms with Crippen molar-refractivity contribution in [2.45, 2.75) is 51.0 Å². The maximum absolute atomic E-state index is 12.5. The van der Waals surface area contributed by atoms with Gasteiger partial charge in [-0.25, -0.2) is 0 Å². The van der Waals surface area contributed by atoms with Gasteiger partial charge < -0.3 is 10.6 Å². The van der Waals surface area contributed by atoms with E-state index in [1.807, 2.05) is 6.07 Å². The van der Waals surface area contributed by atoms with Gasteiger partial charge in [0.25, 0.3) is 0 Å². The molecule has 0 spiro atoms. The first-order valence-corrected chi connectivity index (χ1v) is 8.27. The molecule has 1 aromatic carbocycles. The fourth-order valence-electron chi connectivity index (χ4n) is 3.17. The highest BCUT2D eigenvalue weighted by molar-refractivity contribution is 6.13. The Kier molecular flexibility index (Phi) is 4.33. The first-order chi connectivity index (χ1) is 11.1. The summed E-state index contributed by atoms with van der Waals surface area (Å²) in [7, 11) is 0. The van der Waals surface area contributed by atoms with Gasteiger partial charge in [-0.1, -0.05) is 25.3 Å². The minimum Gasteiger partial charge on any atom is -0.352 e. The van der Waals surface area contributed by atoms with Crippen LogP contribution in [0, 0.1) is 16.7 Å². The number of nitriles is 1. The fourth-order valence-corrected chi connectivity index (χ4v) is 3.17. The van der Waals surface area contributed by atoms with Crippen molar-refractivity contribution >= 4 is 17.5 Å². The first kappa shape index (κ1) is 15.5. The number of rotatable bonds is 4. The number of benzene rings is 1. The van der Waals surface area contributed by atoms with E-state index >= 15 is 0 Å². The Morgan fingerprint density at radius 1 is 1.13 bits per heavy atom. The number of nitrogens with zero attached hydrogens (tertiary/aromatic N) is 1. The number of nitrogens with one attached hydrogen (secondary N) is 2. The molecule has 2 amide bonds. The summed E-state index contributed by atoms with van der Waals surface area (Å²) in [5.41, 5.74) is 0.130. The lowest BCUT2D eigenvalue weighted by molar-refractivity contribution is -0.135. The highest BCUT2D eigenvalue weighted by Gasteiger charge is 2.56. The molecular weight excluding hydrogens is 290 g/mol. The minimum absolute atomic E-state index is 0.140. The van der Waals surface area contributed by atoms with Gasteiger partial charge in [-0.05, 0) is 43.9 Å². The van der Waals surface area contributed by atoms with Crippen LogP contribution in [0.4, 0.5) is 5.69 Å². The molecule has 120 valence electrons. The molecule has 2 saturated carbocycles. The lowest BCUT2D eigenvalue weighted by Crippen LogP contribution is -2.45. The average molecular weight is 311 g/mol. The third-order valence-corrected chi connectivity index (χ3v) is 4.81. The van der Waals surface area contributed by atoms with Crippen LogP contribution in [0.5, 0.6) is 0 Å². The lowest BCUT2D eigenvalue weighted by Gasteiger charge is -2.25. The zero-order valence-electron chi connectivity index (χ0n) is 13.1. The van der Waals surface area contributed by atoms with Crippen LogP contribution < -0.4 is 10.6 Å². The van der Waals surface area contributed by atoms with E-state index in [9.17, 15) is 9.59 Å². The molecule has 0 heterocycles. The summed E-state index contributed by atoms with van der Waals surface area (Å²) >= 11 is 0. The van der Waals surface area contributed by atoms with E-state index in [2.05, 4.69) is 10.6 Å². The Balaban J connectivity index is 1.63. The number of amides is 2. The molecule has 0 aromatic heterocycles. The second kappa shape index (κ2) is 6.41. The van der Waals surface area contributed by atoms with E-state index in [1.165, 1.54) is 6.42 Å². The maximum Gasteiger partial charge on any atom is 0.240 e. The van der Waals surface area contributed by atoms with Crippen LogP contribution in [0.2, 0.25) is 0 Å². The molecule has 2 N–H and O–H groups in total. The Hall–Kier alpha value is -2.35. The minimum atomic E-state index is -0.917. The predicted octanol–water partition coefficient (Wildman–Crippen LogP) is 2.73. The molecule has 2 fully saturated rings. The largest absolute Gasteiger partial charge is 0.352 e. The first-order valence-electron chi connectivity index (χ1n) is 8.27. The van der Waals surface area contributed by atoms with Crippen molar-refractivity contribution in [2.75, 3.05) is 5.32 Å². The van der Waals surface area contributed by atoms with Gasteiger partial charge in [0.1, 0.15) is 5.41 Å². The molecule has 0 atom stereocenters. The van der Waals surface area contributed by atoms with Crippen molar-refractivity contribution < 1.29 is 9.59 Å². The van der Waals surface area contributed by atoms with Crippen LogP contribution in [-0.2, 0) is 9.59 Å². The van der Waals surface area contributed by atoms with E-state index < -0.39 is 5.41 Å². The van der Waals surface area contributed by atoms with Crippen LogP contribution in [0.15, 0.2) is 24.3 Å². The van der Waals surface area contributed by atoms with Crippen LogP contribution in [0.25, 0.3) is 0 Å². The third kappa shape index (κ3) is 3.37. The van der Waals surface area contributed by atoms with Crippen molar-refractivity contribution in [1.82, 2.24) is 5.32 Å². The van der Waals surface area contributed by atoms with Gasteiger partial charge in [0.15, 0.2) is 0 Å². The summed E-state index contributed by atoms with van der Waals surface area (Å²) in [5, 5.41) is 14.8. The molecule has 0 unspecified atom stereocenters. The normalized spacial score (nSPS) is 19.4. The maximum atomic E-state index is 12.5. The standard InChI is InChI=1S/C18H21N3O2/c19-12-13-5-4-8-15(11-13)21-17(23)18(9-10-18)16(22)20-14-6-2-1-3-7-14/h4-5,8,11,14H,1-3,6-7,9-10H2,(H,20,22)(H,21,23). The van der Waals surface area contributed by atoms with Crippen LogP contribution in [-0.4, -0.2) is 17.9 Å². The Labute approximate surface area is 136 Å². The number of carbonyl (C=O) groups is 2. The average Bonchev–Trinajstić information content (AvgIpc) is 3.38. The quantitative estimate of drug-likeness (QED) is 0.839. The van der Waals surface area contributed by atoms with E-state index in [1.54, 1.807) is 24.3 Å². The van der Waals surface area contributed by atoms with Crippen LogP contribution >= 0.6 is 0 Å². The molecule has 5 nitrogen and oxygen atoms in total. The van der Waals surface area contributed by atoms with Crippen LogP contribution in [0.3, 0.4) is 0 Å². The van der Waals surface area contributed by atoms with E-state index in [0.29, 0.717) is 24.1 Å². The fraction of sp³-hybridized carbons (Fsp3) is 0.500. The Morgan fingerprint density at radius 3 is 2.52 bits per heavy atom. The summed E-state index contributed by atoms with van der Waals surface area (Å²) in [6.07, 6.45) is 6.72. The zero-order chi connectivity index (χ0) is 16.3. The van der Waals surface area contributed by atoms with Gasteiger partial charge in [0, 0.05) is 11.7 Å². The third-order valence-electron chi connectivity index (χ3n) is 4.81. The molecule has 23 heavy (non-hydrogen) atoms. The second-order valence-electron chi connectivity index (χ2n) is 6.54. The van der Waals surface area contributed by atoms with Crippen LogP contribution in [0.1, 0.15) is 50.5 Å². The zero-order valence-corrected chi connectivity index (χ0v) is 13.1. The van der Waals surface area contributed by atoms with Gasteiger partial charge in [-0.15, -0.1) is 0 Å². The lowest BCUT2D eigenvalue weighted by atomic mass is 9.94. The molecular formula is C18H21N3O2. The Bertz CT molecular complexity index is 652. The Morgan fingerprint density at radius 2 is 1.87 bits per heavy atom. The molecule has 2 aliphatic carbocycles. The summed E-state index contributed by atoms with van der Waals surface area (Å²) in [5.74, 6) is -0.403. The van der Waals surface area contributed by atoms with Gasteiger partial charge >= 0.3 is 0 Å². The number of carbonyl (C=O) groups excluding carboxylic acids is 2. The monoisotopic (exact) mass is 311 g/mol.